The van der Waals surface area contributed by atoms with E-state index in [-0.39, 0.29) is 17.1 Å². The number of rotatable bonds is 4. The number of benzene rings is 3. The molecule has 0 amide bonds. The Morgan fingerprint density at radius 1 is 0.882 bits per heavy atom. The molecule has 0 aliphatic carbocycles. The van der Waals surface area contributed by atoms with Crippen LogP contribution in [0, 0.1) is 5.41 Å². The van der Waals surface area contributed by atoms with Crippen LogP contribution in [-0.2, 0) is 16.5 Å². The van der Waals surface area contributed by atoms with Gasteiger partial charge in [-0.3, -0.25) is 0 Å². The first kappa shape index (κ1) is 22.0. The second kappa shape index (κ2) is 8.33. The lowest BCUT2D eigenvalue weighted by molar-refractivity contribution is 0.245. The fraction of sp³-hybridized carbons (Fsp3) is 0.300. The lowest BCUT2D eigenvalue weighted by atomic mass is 9.68. The minimum atomic E-state index is -1.99. The van der Waals surface area contributed by atoms with Crippen LogP contribution in [-0.4, -0.2) is 24.3 Å². The summed E-state index contributed by atoms with van der Waals surface area (Å²) >= 11 is 6.79. The Morgan fingerprint density at radius 3 is 2.12 bits per heavy atom. The van der Waals surface area contributed by atoms with E-state index >= 15 is 0 Å². The van der Waals surface area contributed by atoms with E-state index in [2.05, 4.69) is 105 Å². The van der Waals surface area contributed by atoms with Gasteiger partial charge < -0.3 is 4.74 Å². The van der Waals surface area contributed by atoms with Crippen molar-refractivity contribution in [2.24, 2.45) is 10.4 Å². The third-order valence-electron chi connectivity index (χ3n) is 8.17. The molecule has 0 saturated carbocycles. The summed E-state index contributed by atoms with van der Waals surface area (Å²) < 4.78 is 6.44. The zero-order chi connectivity index (χ0) is 23.3. The van der Waals surface area contributed by atoms with Crippen molar-refractivity contribution < 1.29 is 4.74 Å². The fourth-order valence-corrected chi connectivity index (χ4v) is 13.7. The van der Waals surface area contributed by atoms with Crippen molar-refractivity contribution in [1.82, 2.24) is 0 Å². The number of allylic oxidation sites excluding steroid dienone is 1. The molecule has 1 saturated heterocycles. The summed E-state index contributed by atoms with van der Waals surface area (Å²) in [4.78, 5) is 5.29. The Hall–Kier alpha value is -2.48. The van der Waals surface area contributed by atoms with E-state index in [0.717, 1.165) is 18.5 Å². The monoisotopic (exact) mass is 483 g/mol. The molecule has 3 aromatic rings. The van der Waals surface area contributed by atoms with Gasteiger partial charge in [0, 0.05) is 17.8 Å². The van der Waals surface area contributed by atoms with Gasteiger partial charge in [0.1, 0.15) is 0 Å². The van der Waals surface area contributed by atoms with Crippen molar-refractivity contribution in [3.05, 3.63) is 113 Å². The van der Waals surface area contributed by atoms with Gasteiger partial charge in [0.2, 0.25) is 0 Å². The van der Waals surface area contributed by atoms with E-state index in [1.165, 1.54) is 27.6 Å². The molecule has 1 fully saturated rings. The van der Waals surface area contributed by atoms with Gasteiger partial charge in [-0.1, -0.05) is 115 Å². The van der Waals surface area contributed by atoms with Crippen molar-refractivity contribution >= 4 is 29.1 Å². The van der Waals surface area contributed by atoms with Crippen molar-refractivity contribution in [3.63, 3.8) is 0 Å². The highest BCUT2D eigenvalue weighted by molar-refractivity contribution is 8.20. The van der Waals surface area contributed by atoms with E-state index in [1.54, 1.807) is 0 Å². The SMILES string of the molecule is CC1=C(c2ccccc2)[P@]2(=S)C[C@]1(C)[C@@H](c1ccccc1)[C@H]2C1=NC(c2ccccc2)CCO1. The summed E-state index contributed by atoms with van der Waals surface area (Å²) in [5, 5.41) is 1.43. The Labute approximate surface area is 207 Å². The van der Waals surface area contributed by atoms with Crippen LogP contribution in [0.2, 0.25) is 0 Å². The molecule has 172 valence electrons. The highest BCUT2D eigenvalue weighted by atomic mass is 32.4. The van der Waals surface area contributed by atoms with Crippen molar-refractivity contribution in [2.45, 2.75) is 37.9 Å². The van der Waals surface area contributed by atoms with Gasteiger partial charge >= 0.3 is 0 Å². The third-order valence-corrected chi connectivity index (χ3v) is 13.7. The van der Waals surface area contributed by atoms with Gasteiger partial charge in [-0.05, 0) is 41.1 Å². The number of ether oxygens (including phenoxy) is 1. The topological polar surface area (TPSA) is 21.6 Å². The van der Waals surface area contributed by atoms with Gasteiger partial charge in [0.05, 0.1) is 18.3 Å². The molecule has 6 rings (SSSR count). The van der Waals surface area contributed by atoms with Gasteiger partial charge in [-0.2, -0.15) is 0 Å². The molecule has 2 nitrogen and oxygen atoms in total. The molecule has 3 aliphatic heterocycles. The summed E-state index contributed by atoms with van der Waals surface area (Å²) in [5.41, 5.74) is 5.54. The smallest absolute Gasteiger partial charge is 0.193 e. The number of aliphatic imine (C=N–C) groups is 1. The van der Waals surface area contributed by atoms with Crippen molar-refractivity contribution in [2.75, 3.05) is 12.8 Å². The van der Waals surface area contributed by atoms with Crippen LogP contribution in [0.25, 0.3) is 5.31 Å². The third kappa shape index (κ3) is 3.28. The zero-order valence-corrected chi connectivity index (χ0v) is 21.4. The maximum atomic E-state index is 6.79. The molecule has 5 atom stereocenters. The quantitative estimate of drug-likeness (QED) is 0.356. The van der Waals surface area contributed by atoms with Crippen LogP contribution < -0.4 is 0 Å². The predicted molar refractivity (Wildman–Crippen MR) is 146 cm³/mol. The molecular weight excluding hydrogens is 453 g/mol. The molecule has 0 spiro atoms. The Morgan fingerprint density at radius 2 is 1.47 bits per heavy atom. The summed E-state index contributed by atoms with van der Waals surface area (Å²) in [6.45, 7) is 5.47. The molecule has 0 N–H and O–H groups in total. The van der Waals surface area contributed by atoms with E-state index < -0.39 is 6.04 Å². The summed E-state index contributed by atoms with van der Waals surface area (Å²) in [6.07, 6.45) is 1.96. The number of hydrogen-bond acceptors (Lipinski definition) is 3. The normalized spacial score (nSPS) is 32.4. The lowest BCUT2D eigenvalue weighted by Crippen LogP contribution is -2.37. The van der Waals surface area contributed by atoms with Crippen molar-refractivity contribution in [3.8, 4) is 0 Å². The standard InChI is InChI=1S/C30H30NOPS/c1-21-27(24-16-10-5-11-17-24)33(34)20-30(21,2)26(23-14-8-4-9-15-23)28(33)29-31-25(18-19-32-29)22-12-6-3-7-13-22/h3-17,25-26,28H,18-20H2,1-2H3/t25?,26-,28-,30-,33+/m0/s1. The molecule has 3 heterocycles. The second-order valence-corrected chi connectivity index (χ2v) is 14.9. The molecule has 3 aliphatic rings. The highest BCUT2D eigenvalue weighted by Crippen LogP contribution is 2.83. The number of fused-ring (bicyclic) bond motifs is 2. The largest absolute Gasteiger partial charge is 0.480 e. The fourth-order valence-electron chi connectivity index (χ4n) is 6.57. The molecule has 0 radical (unpaired) electrons. The highest BCUT2D eigenvalue weighted by Gasteiger charge is 2.64. The summed E-state index contributed by atoms with van der Waals surface area (Å²) in [5.74, 6) is 1.20. The van der Waals surface area contributed by atoms with Crippen LogP contribution in [0.3, 0.4) is 0 Å². The molecule has 1 unspecified atom stereocenters. The van der Waals surface area contributed by atoms with Crippen LogP contribution in [0.1, 0.15) is 48.9 Å². The van der Waals surface area contributed by atoms with Crippen LogP contribution in [0.4, 0.5) is 0 Å². The van der Waals surface area contributed by atoms with Crippen LogP contribution in [0.5, 0.6) is 0 Å². The van der Waals surface area contributed by atoms with Crippen LogP contribution >= 0.6 is 6.04 Å². The Bertz CT molecular complexity index is 1320. The number of hydrogen-bond donors (Lipinski definition) is 0. The van der Waals surface area contributed by atoms with Gasteiger partial charge in [-0.25, -0.2) is 4.99 Å². The predicted octanol–water partition coefficient (Wildman–Crippen LogP) is 7.64. The molecular formula is C30H30NOPS. The van der Waals surface area contributed by atoms with Gasteiger partial charge in [0.15, 0.2) is 5.90 Å². The average molecular weight is 484 g/mol. The van der Waals surface area contributed by atoms with Gasteiger partial charge in [0.25, 0.3) is 0 Å². The summed E-state index contributed by atoms with van der Waals surface area (Å²) in [6, 6.07) is 30.6. The first-order chi connectivity index (χ1) is 16.5. The maximum absolute atomic E-state index is 6.79. The van der Waals surface area contributed by atoms with Crippen LogP contribution in [0.15, 0.2) is 102 Å². The second-order valence-electron chi connectivity index (χ2n) is 10.1. The van der Waals surface area contributed by atoms with E-state index in [1.807, 2.05) is 0 Å². The zero-order valence-electron chi connectivity index (χ0n) is 19.7. The first-order valence-electron chi connectivity index (χ1n) is 12.2. The van der Waals surface area contributed by atoms with Crippen molar-refractivity contribution in [1.29, 1.82) is 0 Å². The molecule has 0 aromatic heterocycles. The molecule has 3 aromatic carbocycles. The summed E-state index contributed by atoms with van der Waals surface area (Å²) in [7, 11) is 0. The molecule has 2 bridgehead atoms. The first-order valence-corrected chi connectivity index (χ1v) is 15.2. The minimum absolute atomic E-state index is 0.0122. The average Bonchev–Trinajstić information content (AvgIpc) is 3.25. The minimum Gasteiger partial charge on any atom is -0.480 e. The lowest BCUT2D eigenvalue weighted by Gasteiger charge is -2.41. The molecule has 34 heavy (non-hydrogen) atoms. The van der Waals surface area contributed by atoms with E-state index in [4.69, 9.17) is 21.5 Å². The van der Waals surface area contributed by atoms with E-state index in [0.29, 0.717) is 12.5 Å². The Kier molecular flexibility index (Phi) is 5.39. The number of nitrogens with zero attached hydrogens (tertiary/aromatic N) is 1. The van der Waals surface area contributed by atoms with Gasteiger partial charge in [-0.15, -0.1) is 0 Å². The Balaban J connectivity index is 1.54. The molecule has 4 heteroatoms. The maximum Gasteiger partial charge on any atom is 0.193 e. The van der Waals surface area contributed by atoms with E-state index in [9.17, 15) is 0 Å².